The molecule has 0 saturated carbocycles. The second kappa shape index (κ2) is 8.93. The number of aromatic hydroxyl groups is 1. The van der Waals surface area contributed by atoms with E-state index in [1.54, 1.807) is 12.1 Å². The zero-order valence-corrected chi connectivity index (χ0v) is 16.2. The quantitative estimate of drug-likeness (QED) is 0.525. The Morgan fingerprint density at radius 1 is 1.03 bits per heavy atom. The summed E-state index contributed by atoms with van der Waals surface area (Å²) in [6.45, 7) is -0.255. The third-order valence-corrected chi connectivity index (χ3v) is 5.34. The zero-order valence-electron chi connectivity index (χ0n) is 15.3. The van der Waals surface area contributed by atoms with Crippen LogP contribution in [-0.2, 0) is 14.8 Å². The van der Waals surface area contributed by atoms with Crippen molar-refractivity contribution < 1.29 is 27.1 Å². The van der Waals surface area contributed by atoms with E-state index in [9.17, 15) is 27.1 Å². The molecule has 30 heavy (non-hydrogen) atoms. The number of sulfonamides is 1. The Kier molecular flexibility index (Phi) is 6.33. The fourth-order valence-corrected chi connectivity index (χ4v) is 3.48. The first kappa shape index (κ1) is 21.3. The molecule has 1 aromatic heterocycles. The Balaban J connectivity index is 1.53. The van der Waals surface area contributed by atoms with Crippen molar-refractivity contribution in [2.24, 2.45) is 0 Å². The van der Waals surface area contributed by atoms with Gasteiger partial charge in [0.05, 0.1) is 23.0 Å². The normalized spacial score (nSPS) is 11.3. The molecule has 8 nitrogen and oxygen atoms in total. The average molecular weight is 434 g/mol. The highest BCUT2D eigenvalue weighted by Crippen LogP contribution is 2.20. The van der Waals surface area contributed by atoms with Crippen LogP contribution >= 0.6 is 0 Å². The molecule has 156 valence electrons. The summed E-state index contributed by atoms with van der Waals surface area (Å²) in [6, 6.07) is 8.55. The van der Waals surface area contributed by atoms with Gasteiger partial charge in [0, 0.05) is 18.5 Å². The number of nitrogens with one attached hydrogen (secondary N) is 2. The molecule has 0 aliphatic heterocycles. The van der Waals surface area contributed by atoms with Gasteiger partial charge in [-0.15, -0.1) is 0 Å². The maximum atomic E-state index is 13.2. The van der Waals surface area contributed by atoms with Crippen LogP contribution in [0.1, 0.15) is 6.42 Å². The van der Waals surface area contributed by atoms with Crippen molar-refractivity contribution in [1.29, 1.82) is 0 Å². The van der Waals surface area contributed by atoms with Gasteiger partial charge >= 0.3 is 0 Å². The van der Waals surface area contributed by atoms with E-state index in [0.717, 1.165) is 6.07 Å². The minimum absolute atomic E-state index is 0.0688. The molecule has 0 aliphatic carbocycles. The zero-order chi connectivity index (χ0) is 21.7. The first-order valence-electron chi connectivity index (χ1n) is 8.60. The van der Waals surface area contributed by atoms with Gasteiger partial charge in [0.25, 0.3) is 0 Å². The highest BCUT2D eigenvalue weighted by molar-refractivity contribution is 7.89. The van der Waals surface area contributed by atoms with Gasteiger partial charge in [-0.1, -0.05) is 12.1 Å². The molecule has 0 atom stereocenters. The highest BCUT2D eigenvalue weighted by Gasteiger charge is 2.16. The van der Waals surface area contributed by atoms with E-state index in [0.29, 0.717) is 29.2 Å². The van der Waals surface area contributed by atoms with E-state index in [4.69, 9.17) is 0 Å². The summed E-state index contributed by atoms with van der Waals surface area (Å²) >= 11 is 0. The number of halogens is 2. The molecule has 0 bridgehead atoms. The van der Waals surface area contributed by atoms with Gasteiger partial charge in [-0.05, 0) is 30.3 Å². The molecule has 1 heterocycles. The van der Waals surface area contributed by atoms with Gasteiger partial charge in [-0.25, -0.2) is 31.9 Å². The Morgan fingerprint density at radius 2 is 1.77 bits per heavy atom. The van der Waals surface area contributed by atoms with Crippen LogP contribution in [-0.4, -0.2) is 35.9 Å². The molecular formula is C19H16F2N4O4S. The first-order chi connectivity index (χ1) is 14.2. The number of hydrogen-bond acceptors (Lipinski definition) is 6. The van der Waals surface area contributed by atoms with Gasteiger partial charge in [0.15, 0.2) is 17.5 Å². The summed E-state index contributed by atoms with van der Waals surface area (Å²) in [5.41, 5.74) is 0.895. The maximum Gasteiger partial charge on any atom is 0.240 e. The van der Waals surface area contributed by atoms with Gasteiger partial charge < -0.3 is 10.4 Å². The fourth-order valence-electron chi connectivity index (χ4n) is 2.44. The van der Waals surface area contributed by atoms with Gasteiger partial charge in [0.2, 0.25) is 15.9 Å². The summed E-state index contributed by atoms with van der Waals surface area (Å²) in [7, 11) is -4.09. The molecule has 0 spiro atoms. The number of phenolic OH excluding ortho intramolecular Hbond substituents is 1. The third-order valence-electron chi connectivity index (χ3n) is 3.89. The van der Waals surface area contributed by atoms with Gasteiger partial charge in [-0.2, -0.15) is 0 Å². The lowest BCUT2D eigenvalue weighted by molar-refractivity contribution is -0.116. The van der Waals surface area contributed by atoms with Crippen molar-refractivity contribution in [1.82, 2.24) is 14.7 Å². The molecule has 0 saturated heterocycles. The number of carbonyl (C=O) groups excluding carboxylic acids is 1. The lowest BCUT2D eigenvalue weighted by atomic mass is 10.2. The van der Waals surface area contributed by atoms with Gasteiger partial charge in [-0.3, -0.25) is 4.79 Å². The lowest BCUT2D eigenvalue weighted by Gasteiger charge is -2.08. The summed E-state index contributed by atoms with van der Waals surface area (Å²) < 4.78 is 52.4. The van der Waals surface area contributed by atoms with Crippen LogP contribution in [0.4, 0.5) is 14.5 Å². The molecule has 0 radical (unpaired) electrons. The average Bonchev–Trinajstić information content (AvgIpc) is 2.70. The molecule has 11 heteroatoms. The Labute approximate surface area is 170 Å². The van der Waals surface area contributed by atoms with Crippen molar-refractivity contribution in [3.63, 3.8) is 0 Å². The Bertz CT molecular complexity index is 1170. The SMILES string of the molecule is O=C(CCNS(=O)(=O)c1ccc(F)c(F)c1)Nc1cnc(-c2cccc(O)c2)nc1. The van der Waals surface area contributed by atoms with E-state index in [1.807, 2.05) is 0 Å². The summed E-state index contributed by atoms with van der Waals surface area (Å²) in [6.07, 6.45) is 2.53. The smallest absolute Gasteiger partial charge is 0.240 e. The molecule has 0 fully saturated rings. The number of aromatic nitrogens is 2. The number of benzene rings is 2. The van der Waals surface area contributed by atoms with Crippen LogP contribution in [0.15, 0.2) is 59.8 Å². The first-order valence-corrected chi connectivity index (χ1v) is 10.1. The second-order valence-electron chi connectivity index (χ2n) is 6.12. The van der Waals surface area contributed by atoms with Gasteiger partial charge in [0.1, 0.15) is 5.75 Å². The van der Waals surface area contributed by atoms with Crippen LogP contribution < -0.4 is 10.0 Å². The topological polar surface area (TPSA) is 121 Å². The predicted octanol–water partition coefficient (Wildman–Crippen LogP) is 2.43. The van der Waals surface area contributed by atoms with Crippen molar-refractivity contribution in [2.45, 2.75) is 11.3 Å². The Morgan fingerprint density at radius 3 is 2.43 bits per heavy atom. The van der Waals surface area contributed by atoms with Crippen LogP contribution in [0, 0.1) is 11.6 Å². The van der Waals surface area contributed by atoms with E-state index in [1.165, 1.54) is 24.5 Å². The standard InChI is InChI=1S/C19H16F2N4O4S/c20-16-5-4-15(9-17(16)21)30(28,29)24-7-6-18(27)25-13-10-22-19(23-11-13)12-2-1-3-14(26)8-12/h1-5,8-11,24,26H,6-7H2,(H,25,27). The molecule has 2 aromatic carbocycles. The van der Waals surface area contributed by atoms with Crippen molar-refractivity contribution in [3.05, 3.63) is 66.5 Å². The molecule has 3 N–H and O–H groups in total. The molecule has 3 rings (SSSR count). The summed E-state index contributed by atoms with van der Waals surface area (Å²) in [4.78, 5) is 19.7. The van der Waals surface area contributed by atoms with Crippen LogP contribution in [0.25, 0.3) is 11.4 Å². The van der Waals surface area contributed by atoms with E-state index >= 15 is 0 Å². The second-order valence-corrected chi connectivity index (χ2v) is 7.88. The van der Waals surface area contributed by atoms with Crippen LogP contribution in [0.5, 0.6) is 5.75 Å². The van der Waals surface area contributed by atoms with E-state index < -0.39 is 32.5 Å². The Hall–Kier alpha value is -3.44. The largest absolute Gasteiger partial charge is 0.508 e. The van der Waals surface area contributed by atoms with Crippen molar-refractivity contribution in [2.75, 3.05) is 11.9 Å². The number of phenols is 1. The number of rotatable bonds is 7. The minimum atomic E-state index is -4.09. The number of amides is 1. The predicted molar refractivity (Wildman–Crippen MR) is 104 cm³/mol. The molecule has 0 aliphatic rings. The lowest BCUT2D eigenvalue weighted by Crippen LogP contribution is -2.28. The van der Waals surface area contributed by atoms with Crippen molar-refractivity contribution >= 4 is 21.6 Å². The fraction of sp³-hybridized carbons (Fsp3) is 0.105. The molecule has 1 amide bonds. The molecular weight excluding hydrogens is 418 g/mol. The highest BCUT2D eigenvalue weighted by atomic mass is 32.2. The van der Waals surface area contributed by atoms with E-state index in [2.05, 4.69) is 20.0 Å². The van der Waals surface area contributed by atoms with Crippen LogP contribution in [0.2, 0.25) is 0 Å². The number of carbonyl (C=O) groups is 1. The summed E-state index contributed by atoms with van der Waals surface area (Å²) in [5, 5.41) is 12.0. The number of anilines is 1. The van der Waals surface area contributed by atoms with Crippen molar-refractivity contribution in [3.8, 4) is 17.1 Å². The third kappa shape index (κ3) is 5.33. The number of hydrogen-bond donors (Lipinski definition) is 3. The number of nitrogens with zero attached hydrogens (tertiary/aromatic N) is 2. The monoisotopic (exact) mass is 434 g/mol. The maximum absolute atomic E-state index is 13.2. The minimum Gasteiger partial charge on any atom is -0.508 e. The molecule has 0 unspecified atom stereocenters. The summed E-state index contributed by atoms with van der Waals surface area (Å²) in [5.74, 6) is -2.53. The molecule has 3 aromatic rings. The van der Waals surface area contributed by atoms with E-state index in [-0.39, 0.29) is 18.7 Å². The van der Waals surface area contributed by atoms with Crippen LogP contribution in [0.3, 0.4) is 0 Å².